The highest BCUT2D eigenvalue weighted by Gasteiger charge is 2.37. The number of hydrogen-bond acceptors (Lipinski definition) is 4. The number of nitrogens with two attached hydrogens (primary N) is 1. The van der Waals surface area contributed by atoms with Crippen LogP contribution < -0.4 is 10.8 Å². The Labute approximate surface area is 120 Å². The van der Waals surface area contributed by atoms with Crippen LogP contribution in [0.15, 0.2) is 0 Å². The minimum Gasteiger partial charge on any atom is -0.354 e. The summed E-state index contributed by atoms with van der Waals surface area (Å²) in [6.45, 7) is 6.59. The van der Waals surface area contributed by atoms with Crippen molar-refractivity contribution in [3.8, 4) is 0 Å². The molecule has 3 N–H and O–H groups in total. The minimum absolute atomic E-state index is 0.0147. The molecule has 1 aromatic heterocycles. The quantitative estimate of drug-likeness (QED) is 0.662. The van der Waals surface area contributed by atoms with E-state index < -0.39 is 12.2 Å². The second-order valence-electron chi connectivity index (χ2n) is 3.60. The number of anilines is 1. The summed E-state index contributed by atoms with van der Waals surface area (Å²) in [5, 5.41) is 2.12. The summed E-state index contributed by atoms with van der Waals surface area (Å²) >= 11 is 5.62. The number of quaternary nitrogens is 1. The van der Waals surface area contributed by atoms with Crippen molar-refractivity contribution in [2.75, 3.05) is 12.4 Å². The molecule has 0 saturated heterocycles. The van der Waals surface area contributed by atoms with E-state index in [9.17, 15) is 13.2 Å². The van der Waals surface area contributed by atoms with Crippen LogP contribution in [0.5, 0.6) is 0 Å². The van der Waals surface area contributed by atoms with Gasteiger partial charge in [-0.3, -0.25) is 0 Å². The molecule has 1 unspecified atom stereocenters. The van der Waals surface area contributed by atoms with Gasteiger partial charge in [0, 0.05) is 0 Å². The molecule has 20 heavy (non-hydrogen) atoms. The van der Waals surface area contributed by atoms with Crippen molar-refractivity contribution in [1.29, 1.82) is 0 Å². The number of nitrogens with zero attached hydrogens (tertiary/aromatic N) is 2. The smallest absolute Gasteiger partial charge is 0.354 e. The number of alkyl halides is 3. The molecule has 0 fully saturated rings. The van der Waals surface area contributed by atoms with Crippen molar-refractivity contribution < 1.29 is 23.5 Å². The maximum Gasteiger partial charge on any atom is 0.408 e. The van der Waals surface area contributed by atoms with Gasteiger partial charge in [-0.1, -0.05) is 13.8 Å². The Morgan fingerprint density at radius 2 is 1.85 bits per heavy atom. The molecule has 0 bridgehead atoms. The zero-order valence-electron chi connectivity index (χ0n) is 12.0. The van der Waals surface area contributed by atoms with Crippen LogP contribution in [-0.4, -0.2) is 29.3 Å². The van der Waals surface area contributed by atoms with Crippen LogP contribution in [0, 0.1) is 6.92 Å². The van der Waals surface area contributed by atoms with Gasteiger partial charge < -0.3 is 5.32 Å². The highest BCUT2D eigenvalue weighted by molar-refractivity contribution is 6.28. The predicted octanol–water partition coefficient (Wildman–Crippen LogP) is 2.58. The van der Waals surface area contributed by atoms with Crippen LogP contribution in [-0.2, 0) is 4.84 Å². The molecule has 1 rings (SSSR count). The number of nitrogens with one attached hydrogen (secondary N) is 1. The van der Waals surface area contributed by atoms with Crippen LogP contribution in [0.25, 0.3) is 0 Å². The fourth-order valence-electron chi connectivity index (χ4n) is 1.20. The molecule has 0 aliphatic heterocycles. The van der Waals surface area contributed by atoms with Crippen LogP contribution in [0.1, 0.15) is 26.5 Å². The molecule has 0 aliphatic rings. The van der Waals surface area contributed by atoms with Crippen molar-refractivity contribution in [2.24, 2.45) is 0 Å². The summed E-state index contributed by atoms with van der Waals surface area (Å²) in [7, 11) is 1.38. The number of aryl methyl sites for hydroxylation is 1. The Kier molecular flexibility index (Phi) is 7.77. The summed E-state index contributed by atoms with van der Waals surface area (Å²) in [6, 6.07) is -1.76. The van der Waals surface area contributed by atoms with E-state index in [0.29, 0.717) is 11.4 Å². The van der Waals surface area contributed by atoms with E-state index in [0.717, 1.165) is 6.92 Å². The van der Waals surface area contributed by atoms with Gasteiger partial charge in [-0.2, -0.15) is 23.6 Å². The SMILES string of the molecule is CC.CO[NH2+]c1c(C)nc(Cl)nc1NC(C)C(F)(F)F. The maximum absolute atomic E-state index is 12.5. The summed E-state index contributed by atoms with van der Waals surface area (Å²) in [5.74, 6) is -0.0147. The number of hydrogen-bond donors (Lipinski definition) is 2. The lowest BCUT2D eigenvalue weighted by molar-refractivity contribution is -0.830. The molecule has 5 nitrogen and oxygen atoms in total. The number of aromatic nitrogens is 2. The summed E-state index contributed by atoms with van der Waals surface area (Å²) < 4.78 is 37.4. The molecule has 0 radical (unpaired) electrons. The largest absolute Gasteiger partial charge is 0.408 e. The molecule has 1 aromatic rings. The zero-order valence-corrected chi connectivity index (χ0v) is 12.7. The third-order valence-corrected chi connectivity index (χ3v) is 2.36. The van der Waals surface area contributed by atoms with Gasteiger partial charge in [-0.15, -0.1) is 0 Å². The summed E-state index contributed by atoms with van der Waals surface area (Å²) in [6.07, 6.45) is -4.38. The molecule has 0 spiro atoms. The van der Waals surface area contributed by atoms with Crippen molar-refractivity contribution >= 4 is 23.1 Å². The first kappa shape index (κ1) is 18.9. The van der Waals surface area contributed by atoms with Gasteiger partial charge in [0.25, 0.3) is 0 Å². The Bertz CT molecular complexity index is 429. The third-order valence-electron chi connectivity index (χ3n) is 2.19. The highest BCUT2D eigenvalue weighted by atomic mass is 35.5. The number of rotatable bonds is 4. The van der Waals surface area contributed by atoms with Gasteiger partial charge in [0.1, 0.15) is 11.7 Å². The van der Waals surface area contributed by atoms with Gasteiger partial charge in [0.05, 0.1) is 7.11 Å². The fraction of sp³-hybridized carbons (Fsp3) is 0.636. The van der Waals surface area contributed by atoms with Crippen molar-refractivity contribution in [2.45, 2.75) is 39.9 Å². The first-order valence-electron chi connectivity index (χ1n) is 5.99. The van der Waals surface area contributed by atoms with Gasteiger partial charge in [0.2, 0.25) is 11.0 Å². The van der Waals surface area contributed by atoms with Gasteiger partial charge >= 0.3 is 6.18 Å². The van der Waals surface area contributed by atoms with E-state index >= 15 is 0 Å². The molecule has 0 aromatic carbocycles. The average Bonchev–Trinajstić information content (AvgIpc) is 2.34. The Morgan fingerprint density at radius 3 is 2.30 bits per heavy atom. The first-order valence-corrected chi connectivity index (χ1v) is 6.37. The molecule has 1 heterocycles. The topological polar surface area (TPSA) is 63.7 Å². The molecule has 0 amide bonds. The van der Waals surface area contributed by atoms with Crippen molar-refractivity contribution in [3.63, 3.8) is 0 Å². The van der Waals surface area contributed by atoms with E-state index in [1.54, 1.807) is 6.92 Å². The molecule has 0 saturated carbocycles. The van der Waals surface area contributed by atoms with Crippen LogP contribution in [0.3, 0.4) is 0 Å². The molecular weight excluding hydrogens is 297 g/mol. The second-order valence-corrected chi connectivity index (χ2v) is 3.94. The van der Waals surface area contributed by atoms with Crippen molar-refractivity contribution in [3.05, 3.63) is 11.0 Å². The second kappa shape index (κ2) is 8.23. The van der Waals surface area contributed by atoms with Crippen LogP contribution in [0.2, 0.25) is 5.28 Å². The Morgan fingerprint density at radius 1 is 1.30 bits per heavy atom. The van der Waals surface area contributed by atoms with E-state index in [-0.39, 0.29) is 11.1 Å². The molecular formula is C11H19ClF3N4O+. The normalized spacial score (nSPS) is 12.4. The summed E-state index contributed by atoms with van der Waals surface area (Å²) in [4.78, 5) is 12.4. The minimum atomic E-state index is -4.38. The van der Waals surface area contributed by atoms with E-state index in [1.165, 1.54) is 12.6 Å². The predicted molar refractivity (Wildman–Crippen MR) is 70.9 cm³/mol. The van der Waals surface area contributed by atoms with Crippen molar-refractivity contribution in [1.82, 2.24) is 9.97 Å². The zero-order chi connectivity index (χ0) is 15.9. The lowest BCUT2D eigenvalue weighted by Gasteiger charge is -2.18. The van der Waals surface area contributed by atoms with Crippen LogP contribution in [0.4, 0.5) is 24.7 Å². The van der Waals surface area contributed by atoms with E-state index in [2.05, 4.69) is 15.3 Å². The fourth-order valence-corrected chi connectivity index (χ4v) is 1.41. The first-order chi connectivity index (χ1) is 9.25. The summed E-state index contributed by atoms with van der Waals surface area (Å²) in [5.41, 5.74) is 2.02. The Balaban J connectivity index is 0.00000172. The molecule has 1 atom stereocenters. The molecule has 0 aliphatic carbocycles. The highest BCUT2D eigenvalue weighted by Crippen LogP contribution is 2.26. The molecule has 9 heteroatoms. The van der Waals surface area contributed by atoms with E-state index in [4.69, 9.17) is 16.4 Å². The lowest BCUT2D eigenvalue weighted by Crippen LogP contribution is -2.76. The average molecular weight is 316 g/mol. The Hall–Kier alpha value is -1.12. The van der Waals surface area contributed by atoms with E-state index in [1.807, 2.05) is 13.8 Å². The third kappa shape index (κ3) is 5.48. The number of halogens is 4. The van der Waals surface area contributed by atoms with Gasteiger partial charge in [-0.05, 0) is 25.4 Å². The maximum atomic E-state index is 12.5. The van der Waals surface area contributed by atoms with Gasteiger partial charge in [0.15, 0.2) is 5.82 Å². The van der Waals surface area contributed by atoms with Crippen LogP contribution >= 0.6 is 11.6 Å². The van der Waals surface area contributed by atoms with Gasteiger partial charge in [-0.25, -0.2) is 9.82 Å². The molecule has 116 valence electrons. The monoisotopic (exact) mass is 315 g/mol. The lowest BCUT2D eigenvalue weighted by atomic mass is 10.3. The standard InChI is InChI=1S/C9H12ClF3N4O.C2H6/c1-4-6(17-18-3)7(16-8(10)14-4)15-5(2)9(11,12)13;1-2/h5,17H,1-3H3,(H,14,15,16);1-2H3/p+1.